The van der Waals surface area contributed by atoms with E-state index in [2.05, 4.69) is 36.1 Å². The molecule has 3 amide bonds. The Bertz CT molecular complexity index is 1150. The number of aromatic nitrogens is 3. The van der Waals surface area contributed by atoms with E-state index >= 15 is 0 Å². The van der Waals surface area contributed by atoms with Crippen molar-refractivity contribution in [2.45, 2.75) is 12.9 Å². The van der Waals surface area contributed by atoms with Crippen LogP contribution in [0.3, 0.4) is 0 Å². The summed E-state index contributed by atoms with van der Waals surface area (Å²) in [7, 11) is 3.11. The monoisotopic (exact) mass is 463 g/mol. The van der Waals surface area contributed by atoms with E-state index in [4.69, 9.17) is 0 Å². The van der Waals surface area contributed by atoms with Gasteiger partial charge in [0.15, 0.2) is 0 Å². The molecule has 10 nitrogen and oxygen atoms in total. The predicted octanol–water partition coefficient (Wildman–Crippen LogP) is 3.33. The summed E-state index contributed by atoms with van der Waals surface area (Å²) in [5.74, 6) is -0.305. The van der Waals surface area contributed by atoms with Crippen LogP contribution >= 0.6 is 0 Å². The Labute approximate surface area is 186 Å². The largest absolute Gasteiger partial charge is 0.573 e. The molecule has 0 radical (unpaired) electrons. The van der Waals surface area contributed by atoms with Crippen LogP contribution in [0.2, 0.25) is 0 Å². The molecule has 0 aliphatic rings. The lowest BCUT2D eigenvalue weighted by atomic mass is 10.2. The summed E-state index contributed by atoms with van der Waals surface area (Å²) >= 11 is 0. The molecular formula is C20H20F3N7O3. The Morgan fingerprint density at radius 2 is 1.94 bits per heavy atom. The molecule has 0 bridgehead atoms. The van der Waals surface area contributed by atoms with E-state index in [1.54, 1.807) is 19.2 Å². The second-order valence-corrected chi connectivity index (χ2v) is 6.67. The third-order valence-electron chi connectivity index (χ3n) is 4.26. The van der Waals surface area contributed by atoms with Crippen molar-refractivity contribution < 1.29 is 27.5 Å². The topological polar surface area (TPSA) is 122 Å². The molecule has 3 rings (SSSR count). The van der Waals surface area contributed by atoms with E-state index in [0.29, 0.717) is 11.6 Å². The van der Waals surface area contributed by atoms with Gasteiger partial charge in [0.2, 0.25) is 0 Å². The highest BCUT2D eigenvalue weighted by molar-refractivity contribution is 6.07. The molecule has 0 aliphatic heterocycles. The number of benzene rings is 1. The number of pyridine rings is 1. The number of nitrogens with one attached hydrogen (secondary N) is 4. The van der Waals surface area contributed by atoms with Gasteiger partial charge in [-0.3, -0.25) is 14.8 Å². The second-order valence-electron chi connectivity index (χ2n) is 6.67. The molecule has 0 unspecified atom stereocenters. The number of alkyl halides is 3. The molecule has 0 saturated heterocycles. The highest BCUT2D eigenvalue weighted by atomic mass is 19.4. The van der Waals surface area contributed by atoms with E-state index in [1.165, 1.54) is 36.3 Å². The molecule has 2 heterocycles. The normalized spacial score (nSPS) is 10.9. The third-order valence-corrected chi connectivity index (χ3v) is 4.26. The van der Waals surface area contributed by atoms with E-state index in [9.17, 15) is 22.8 Å². The quantitative estimate of drug-likeness (QED) is 0.426. The summed E-state index contributed by atoms with van der Waals surface area (Å²) in [5.41, 5.74) is 1.06. The highest BCUT2D eigenvalue weighted by Crippen LogP contribution is 2.26. The Morgan fingerprint density at radius 3 is 2.67 bits per heavy atom. The molecule has 0 fully saturated rings. The van der Waals surface area contributed by atoms with Crippen LogP contribution in [0.15, 0.2) is 48.8 Å². The molecule has 3 aromatic rings. The molecule has 0 atom stereocenters. The molecule has 1 aromatic carbocycles. The molecule has 4 N–H and O–H groups in total. The van der Waals surface area contributed by atoms with E-state index < -0.39 is 24.1 Å². The van der Waals surface area contributed by atoms with Crippen LogP contribution < -0.4 is 26.0 Å². The Balaban J connectivity index is 1.70. The van der Waals surface area contributed by atoms with Crippen molar-refractivity contribution in [1.82, 2.24) is 20.1 Å². The summed E-state index contributed by atoms with van der Waals surface area (Å²) < 4.78 is 42.6. The number of rotatable bonds is 7. The maximum Gasteiger partial charge on any atom is 0.573 e. The number of anilines is 3. The molecule has 0 spiro atoms. The zero-order valence-electron chi connectivity index (χ0n) is 17.5. The van der Waals surface area contributed by atoms with Gasteiger partial charge in [0.1, 0.15) is 22.9 Å². The fourth-order valence-electron chi connectivity index (χ4n) is 2.80. The number of urea groups is 1. The number of carbonyl (C=O) groups is 2. The van der Waals surface area contributed by atoms with Crippen LogP contribution in [-0.2, 0) is 13.6 Å². The van der Waals surface area contributed by atoms with Gasteiger partial charge in [-0.05, 0) is 29.8 Å². The lowest BCUT2D eigenvalue weighted by molar-refractivity contribution is -0.274. The van der Waals surface area contributed by atoms with Gasteiger partial charge >= 0.3 is 12.4 Å². The van der Waals surface area contributed by atoms with Gasteiger partial charge in [0.25, 0.3) is 5.91 Å². The summed E-state index contributed by atoms with van der Waals surface area (Å²) in [6.07, 6.45) is -1.99. The van der Waals surface area contributed by atoms with Crippen molar-refractivity contribution in [1.29, 1.82) is 0 Å². The van der Waals surface area contributed by atoms with Crippen molar-refractivity contribution in [3.05, 3.63) is 59.9 Å². The van der Waals surface area contributed by atoms with Gasteiger partial charge < -0.3 is 20.7 Å². The maximum absolute atomic E-state index is 12.7. The van der Waals surface area contributed by atoms with Crippen LogP contribution in [0.25, 0.3) is 0 Å². The Morgan fingerprint density at radius 1 is 1.15 bits per heavy atom. The molecule has 2 aromatic heterocycles. The van der Waals surface area contributed by atoms with E-state index in [1.807, 2.05) is 0 Å². The molecular weight excluding hydrogens is 443 g/mol. The fourth-order valence-corrected chi connectivity index (χ4v) is 2.80. The van der Waals surface area contributed by atoms with Crippen LogP contribution in [0, 0.1) is 0 Å². The van der Waals surface area contributed by atoms with Crippen molar-refractivity contribution in [2.24, 2.45) is 7.05 Å². The van der Waals surface area contributed by atoms with Gasteiger partial charge in [-0.15, -0.1) is 13.2 Å². The van der Waals surface area contributed by atoms with Gasteiger partial charge in [-0.2, -0.15) is 5.10 Å². The molecule has 0 aliphatic carbocycles. The van der Waals surface area contributed by atoms with Crippen LogP contribution in [-0.4, -0.2) is 40.1 Å². The summed E-state index contributed by atoms with van der Waals surface area (Å²) in [6, 6.07) is 7.92. The van der Waals surface area contributed by atoms with Gasteiger partial charge in [-0.1, -0.05) is 6.07 Å². The summed E-state index contributed by atoms with van der Waals surface area (Å²) in [4.78, 5) is 28.2. The van der Waals surface area contributed by atoms with Gasteiger partial charge in [-0.25, -0.2) is 9.78 Å². The zero-order chi connectivity index (χ0) is 24.0. The van der Waals surface area contributed by atoms with Crippen LogP contribution in [0.5, 0.6) is 5.75 Å². The first-order chi connectivity index (χ1) is 15.6. The summed E-state index contributed by atoms with van der Waals surface area (Å²) in [5, 5.41) is 14.7. The van der Waals surface area contributed by atoms with Crippen molar-refractivity contribution in [3.63, 3.8) is 0 Å². The number of aryl methyl sites for hydroxylation is 1. The zero-order valence-corrected chi connectivity index (χ0v) is 17.5. The van der Waals surface area contributed by atoms with Crippen molar-refractivity contribution in [3.8, 4) is 5.75 Å². The average molecular weight is 463 g/mol. The first kappa shape index (κ1) is 23.4. The average Bonchev–Trinajstić information content (AvgIpc) is 3.12. The maximum atomic E-state index is 12.7. The Hall–Kier alpha value is -4.29. The predicted molar refractivity (Wildman–Crippen MR) is 114 cm³/mol. The lowest BCUT2D eigenvalue weighted by Gasteiger charge is -2.12. The minimum absolute atomic E-state index is 0.121. The first-order valence-corrected chi connectivity index (χ1v) is 9.51. The molecule has 174 valence electrons. The minimum Gasteiger partial charge on any atom is -0.406 e. The lowest BCUT2D eigenvalue weighted by Crippen LogP contribution is -2.25. The SMILES string of the molecule is CNC(=O)Nc1cc(CNc2c(C(=O)Nc3cccc(OC(F)(F)F)c3)cnn2C)ccn1. The standard InChI is InChI=1S/C20H20F3N7O3/c1-24-19(32)29-16-8-12(6-7-25-16)10-26-17-15(11-27-30(17)2)18(31)28-13-4-3-5-14(9-13)33-20(21,22)23/h3-9,11,26H,10H2,1-2H3,(H,28,31)(H2,24,25,29,32). The molecule has 0 saturated carbocycles. The second kappa shape index (κ2) is 9.89. The molecule has 13 heteroatoms. The number of nitrogens with zero attached hydrogens (tertiary/aromatic N) is 3. The first-order valence-electron chi connectivity index (χ1n) is 9.51. The number of carbonyl (C=O) groups excluding carboxylic acids is 2. The third kappa shape index (κ3) is 6.59. The molecule has 33 heavy (non-hydrogen) atoms. The number of amides is 3. The van der Waals surface area contributed by atoms with Crippen molar-refractivity contribution >= 4 is 29.3 Å². The summed E-state index contributed by atoms with van der Waals surface area (Å²) in [6.45, 7) is 0.277. The van der Waals surface area contributed by atoms with E-state index in [0.717, 1.165) is 17.7 Å². The van der Waals surface area contributed by atoms with E-state index in [-0.39, 0.29) is 17.8 Å². The number of hydrogen-bond donors (Lipinski definition) is 4. The minimum atomic E-state index is -4.84. The Kier molecular flexibility index (Phi) is 7.00. The number of hydrogen-bond acceptors (Lipinski definition) is 6. The van der Waals surface area contributed by atoms with Gasteiger partial charge in [0, 0.05) is 38.6 Å². The van der Waals surface area contributed by atoms with Crippen LogP contribution in [0.4, 0.5) is 35.3 Å². The van der Waals surface area contributed by atoms with Crippen molar-refractivity contribution in [2.75, 3.05) is 23.0 Å². The number of halogens is 3. The number of ether oxygens (including phenoxy) is 1. The fraction of sp³-hybridized carbons (Fsp3) is 0.200. The van der Waals surface area contributed by atoms with Gasteiger partial charge in [0.05, 0.1) is 6.20 Å². The van der Waals surface area contributed by atoms with Crippen LogP contribution in [0.1, 0.15) is 15.9 Å². The smallest absolute Gasteiger partial charge is 0.406 e. The highest BCUT2D eigenvalue weighted by Gasteiger charge is 2.31.